The van der Waals surface area contributed by atoms with E-state index in [2.05, 4.69) is 10.3 Å². The van der Waals surface area contributed by atoms with Gasteiger partial charge in [0.25, 0.3) is 5.69 Å². The molecule has 3 aromatic rings. The van der Waals surface area contributed by atoms with Crippen molar-refractivity contribution in [2.75, 3.05) is 5.32 Å². The predicted molar refractivity (Wildman–Crippen MR) is 81.1 cm³/mol. The molecule has 0 spiro atoms. The monoisotopic (exact) mass is 300 g/mol. The van der Waals surface area contributed by atoms with E-state index >= 15 is 0 Å². The SMILES string of the molecule is Cn1c(NCc2ccccc2F)nc2cc([N+](=O)[O-])ccc21. The zero-order chi connectivity index (χ0) is 15.7. The van der Waals surface area contributed by atoms with Crippen LogP contribution in [0.5, 0.6) is 0 Å². The van der Waals surface area contributed by atoms with E-state index < -0.39 is 4.92 Å². The fourth-order valence-electron chi connectivity index (χ4n) is 2.28. The molecule has 0 saturated carbocycles. The number of imidazole rings is 1. The molecule has 0 fully saturated rings. The van der Waals surface area contributed by atoms with E-state index in [1.165, 1.54) is 18.2 Å². The lowest BCUT2D eigenvalue weighted by atomic mass is 10.2. The Balaban J connectivity index is 1.89. The number of hydrogen-bond acceptors (Lipinski definition) is 4. The van der Waals surface area contributed by atoms with E-state index in [4.69, 9.17) is 0 Å². The molecule has 1 heterocycles. The Hall–Kier alpha value is -2.96. The molecule has 112 valence electrons. The van der Waals surface area contributed by atoms with Crippen LogP contribution in [0.2, 0.25) is 0 Å². The molecule has 6 nitrogen and oxygen atoms in total. The molecule has 0 amide bonds. The van der Waals surface area contributed by atoms with Gasteiger partial charge in [0.15, 0.2) is 0 Å². The predicted octanol–water partition coefficient (Wildman–Crippen LogP) is 3.23. The van der Waals surface area contributed by atoms with Crippen molar-refractivity contribution < 1.29 is 9.31 Å². The van der Waals surface area contributed by atoms with E-state index in [1.54, 1.807) is 35.9 Å². The number of non-ortho nitro benzene ring substituents is 1. The van der Waals surface area contributed by atoms with Gasteiger partial charge in [-0.25, -0.2) is 9.37 Å². The van der Waals surface area contributed by atoms with Crippen LogP contribution in [-0.4, -0.2) is 14.5 Å². The van der Waals surface area contributed by atoms with Crippen molar-refractivity contribution in [3.05, 3.63) is 64.0 Å². The molecule has 7 heteroatoms. The summed E-state index contributed by atoms with van der Waals surface area (Å²) in [5, 5.41) is 13.8. The van der Waals surface area contributed by atoms with Crippen molar-refractivity contribution in [3.8, 4) is 0 Å². The van der Waals surface area contributed by atoms with E-state index in [1.807, 2.05) is 0 Å². The largest absolute Gasteiger partial charge is 0.351 e. The van der Waals surface area contributed by atoms with Gasteiger partial charge in [0.2, 0.25) is 5.95 Å². The maximum Gasteiger partial charge on any atom is 0.271 e. The topological polar surface area (TPSA) is 73.0 Å². The number of nitrogens with one attached hydrogen (secondary N) is 1. The van der Waals surface area contributed by atoms with Crippen molar-refractivity contribution >= 4 is 22.7 Å². The number of halogens is 1. The van der Waals surface area contributed by atoms with Gasteiger partial charge < -0.3 is 9.88 Å². The first kappa shape index (κ1) is 14.0. The van der Waals surface area contributed by atoms with E-state index in [0.29, 0.717) is 17.0 Å². The summed E-state index contributed by atoms with van der Waals surface area (Å²) in [6.07, 6.45) is 0. The summed E-state index contributed by atoms with van der Waals surface area (Å²) in [4.78, 5) is 14.7. The van der Waals surface area contributed by atoms with Crippen molar-refractivity contribution in [1.29, 1.82) is 0 Å². The highest BCUT2D eigenvalue weighted by atomic mass is 19.1. The summed E-state index contributed by atoms with van der Waals surface area (Å²) in [6.45, 7) is 0.284. The third-order valence-electron chi connectivity index (χ3n) is 3.47. The number of aromatic nitrogens is 2. The van der Waals surface area contributed by atoms with Crippen LogP contribution < -0.4 is 5.32 Å². The van der Waals surface area contributed by atoms with E-state index in [0.717, 1.165) is 5.52 Å². The van der Waals surface area contributed by atoms with Crippen molar-refractivity contribution in [3.63, 3.8) is 0 Å². The van der Waals surface area contributed by atoms with Gasteiger partial charge in [0, 0.05) is 31.3 Å². The number of benzene rings is 2. The smallest absolute Gasteiger partial charge is 0.271 e. The van der Waals surface area contributed by atoms with Crippen molar-refractivity contribution in [2.24, 2.45) is 7.05 Å². The Morgan fingerprint density at radius 1 is 1.32 bits per heavy atom. The Morgan fingerprint density at radius 3 is 2.82 bits per heavy atom. The summed E-state index contributed by atoms with van der Waals surface area (Å²) in [6, 6.07) is 11.0. The number of fused-ring (bicyclic) bond motifs is 1. The maximum absolute atomic E-state index is 13.6. The number of rotatable bonds is 4. The number of aryl methyl sites for hydroxylation is 1. The second-order valence-electron chi connectivity index (χ2n) is 4.87. The normalized spacial score (nSPS) is 10.8. The van der Waals surface area contributed by atoms with Gasteiger partial charge in [0.1, 0.15) is 5.82 Å². The van der Waals surface area contributed by atoms with Crippen LogP contribution in [0.15, 0.2) is 42.5 Å². The van der Waals surface area contributed by atoms with E-state index in [9.17, 15) is 14.5 Å². The quantitative estimate of drug-likeness (QED) is 0.593. The molecule has 0 aliphatic heterocycles. The number of anilines is 1. The maximum atomic E-state index is 13.6. The molecular weight excluding hydrogens is 287 g/mol. The van der Waals surface area contributed by atoms with E-state index in [-0.39, 0.29) is 18.0 Å². The van der Waals surface area contributed by atoms with Gasteiger partial charge in [-0.1, -0.05) is 18.2 Å². The highest BCUT2D eigenvalue weighted by Crippen LogP contribution is 2.23. The van der Waals surface area contributed by atoms with Crippen LogP contribution >= 0.6 is 0 Å². The molecule has 0 saturated heterocycles. The Bertz CT molecular complexity index is 860. The van der Waals surface area contributed by atoms with Gasteiger partial charge in [-0.2, -0.15) is 0 Å². The molecule has 0 unspecified atom stereocenters. The number of nitro benzene ring substituents is 1. The lowest BCUT2D eigenvalue weighted by Crippen LogP contribution is -2.06. The Labute approximate surface area is 125 Å². The molecule has 0 bridgehead atoms. The van der Waals surface area contributed by atoms with Crippen molar-refractivity contribution in [1.82, 2.24) is 9.55 Å². The first-order chi connectivity index (χ1) is 10.6. The summed E-state index contributed by atoms with van der Waals surface area (Å²) in [5.74, 6) is 0.239. The molecule has 0 aliphatic carbocycles. The van der Waals surface area contributed by atoms with Crippen LogP contribution in [0.25, 0.3) is 11.0 Å². The lowest BCUT2D eigenvalue weighted by molar-refractivity contribution is -0.384. The van der Waals surface area contributed by atoms with Crippen LogP contribution in [0, 0.1) is 15.9 Å². The molecular formula is C15H13FN4O2. The number of nitro groups is 1. The fourth-order valence-corrected chi connectivity index (χ4v) is 2.28. The molecule has 3 rings (SSSR count). The third kappa shape index (κ3) is 2.48. The average molecular weight is 300 g/mol. The first-order valence-electron chi connectivity index (χ1n) is 6.64. The molecule has 0 atom stereocenters. The van der Waals surface area contributed by atoms with Gasteiger partial charge in [-0.3, -0.25) is 10.1 Å². The number of hydrogen-bond donors (Lipinski definition) is 1. The molecule has 1 N–H and O–H groups in total. The zero-order valence-corrected chi connectivity index (χ0v) is 11.8. The molecule has 0 aliphatic rings. The second kappa shape index (κ2) is 5.44. The summed E-state index contributed by atoms with van der Waals surface area (Å²) in [7, 11) is 1.80. The van der Waals surface area contributed by atoms with Gasteiger partial charge >= 0.3 is 0 Å². The van der Waals surface area contributed by atoms with Crippen molar-refractivity contribution in [2.45, 2.75) is 6.54 Å². The standard InChI is InChI=1S/C15H13FN4O2/c1-19-14-7-6-11(20(21)22)8-13(14)18-15(19)17-9-10-4-2-3-5-12(10)16/h2-8H,9H2,1H3,(H,17,18). The highest BCUT2D eigenvalue weighted by Gasteiger charge is 2.12. The first-order valence-corrected chi connectivity index (χ1v) is 6.64. The minimum Gasteiger partial charge on any atom is -0.351 e. The zero-order valence-electron chi connectivity index (χ0n) is 11.8. The molecule has 0 radical (unpaired) electrons. The average Bonchev–Trinajstić information content (AvgIpc) is 2.82. The minimum atomic E-state index is -0.458. The van der Waals surface area contributed by atoms with Crippen LogP contribution in [0.3, 0.4) is 0 Å². The third-order valence-corrected chi connectivity index (χ3v) is 3.47. The summed E-state index contributed by atoms with van der Waals surface area (Å²) < 4.78 is 15.4. The summed E-state index contributed by atoms with van der Waals surface area (Å²) in [5.41, 5.74) is 1.81. The van der Waals surface area contributed by atoms with Crippen LogP contribution in [-0.2, 0) is 13.6 Å². The molecule has 1 aromatic heterocycles. The van der Waals surface area contributed by atoms with Crippen LogP contribution in [0.4, 0.5) is 16.0 Å². The number of nitrogens with zero attached hydrogens (tertiary/aromatic N) is 3. The molecule has 22 heavy (non-hydrogen) atoms. The van der Waals surface area contributed by atoms with Gasteiger partial charge in [-0.05, 0) is 12.1 Å². The minimum absolute atomic E-state index is 0.00810. The Morgan fingerprint density at radius 2 is 2.09 bits per heavy atom. The summed E-state index contributed by atoms with van der Waals surface area (Å²) >= 11 is 0. The van der Waals surface area contributed by atoms with Gasteiger partial charge in [0.05, 0.1) is 16.0 Å². The second-order valence-corrected chi connectivity index (χ2v) is 4.87. The van der Waals surface area contributed by atoms with Crippen LogP contribution in [0.1, 0.15) is 5.56 Å². The van der Waals surface area contributed by atoms with Gasteiger partial charge in [-0.15, -0.1) is 0 Å². The lowest BCUT2D eigenvalue weighted by Gasteiger charge is -2.07. The highest BCUT2D eigenvalue weighted by molar-refractivity contribution is 5.81. The Kier molecular flexibility index (Phi) is 3.46. The molecule has 2 aromatic carbocycles. The fraction of sp³-hybridized carbons (Fsp3) is 0.133.